The van der Waals surface area contributed by atoms with Crippen LogP contribution in [-0.4, -0.2) is 40.3 Å². The molecule has 0 aliphatic rings. The van der Waals surface area contributed by atoms with Crippen molar-refractivity contribution in [2.75, 3.05) is 20.3 Å². The summed E-state index contributed by atoms with van der Waals surface area (Å²) in [5, 5.41) is 7.12. The Balaban J connectivity index is 2.06. The molecule has 8 nitrogen and oxygen atoms in total. The Morgan fingerprint density at radius 2 is 2.25 bits per heavy atom. The van der Waals surface area contributed by atoms with Gasteiger partial charge in [0.05, 0.1) is 18.4 Å². The summed E-state index contributed by atoms with van der Waals surface area (Å²) in [5.74, 6) is 0.368. The summed E-state index contributed by atoms with van der Waals surface area (Å²) in [5.41, 5.74) is 1.53. The predicted octanol–water partition coefficient (Wildman–Crippen LogP) is 1.26. The molecule has 1 atom stereocenters. The molecule has 0 radical (unpaired) electrons. The van der Waals surface area contributed by atoms with Crippen LogP contribution in [0.3, 0.4) is 0 Å². The number of ether oxygens (including phenoxy) is 1. The number of rotatable bonds is 6. The molecule has 3 aromatic heterocycles. The summed E-state index contributed by atoms with van der Waals surface area (Å²) in [6.07, 6.45) is 2.03. The first-order valence-electron chi connectivity index (χ1n) is 7.83. The molecular weight excluding hydrogens is 312 g/mol. The highest BCUT2D eigenvalue weighted by Crippen LogP contribution is 2.20. The van der Waals surface area contributed by atoms with E-state index in [1.807, 2.05) is 6.92 Å². The molecule has 3 rings (SSSR count). The lowest BCUT2D eigenvalue weighted by Crippen LogP contribution is -2.40. The highest BCUT2D eigenvalue weighted by Gasteiger charge is 2.23. The summed E-state index contributed by atoms with van der Waals surface area (Å²) in [6.45, 7) is 4.45. The Labute approximate surface area is 138 Å². The maximum Gasteiger partial charge on any atom is 0.291 e. The number of nitrogens with one attached hydrogen (secondary N) is 1. The Hall–Kier alpha value is -2.61. The van der Waals surface area contributed by atoms with Crippen LogP contribution in [0, 0.1) is 6.92 Å². The van der Waals surface area contributed by atoms with Crippen molar-refractivity contribution < 1.29 is 13.9 Å². The molecular formula is C16H20N4O4. The van der Waals surface area contributed by atoms with Gasteiger partial charge in [-0.3, -0.25) is 14.0 Å². The monoisotopic (exact) mass is 332 g/mol. The number of fused-ring (bicyclic) bond motifs is 3. The molecule has 128 valence electrons. The third-order valence-corrected chi connectivity index (χ3v) is 4.02. The SMILES string of the molecule is CCC(C(=O)NCCOC)n1nc(C)n2c(cc3occc32)c1=O. The first-order valence-corrected chi connectivity index (χ1v) is 7.83. The van der Waals surface area contributed by atoms with Crippen molar-refractivity contribution >= 4 is 22.5 Å². The van der Waals surface area contributed by atoms with Crippen molar-refractivity contribution in [1.29, 1.82) is 0 Å². The van der Waals surface area contributed by atoms with Crippen LogP contribution in [0.15, 0.2) is 27.6 Å². The van der Waals surface area contributed by atoms with E-state index in [0.717, 1.165) is 5.52 Å². The molecule has 1 N–H and O–H groups in total. The molecule has 3 heterocycles. The standard InChI is InChI=1S/C16H20N4O4/c1-4-11(15(21)17-6-8-23-3)20-16(22)13-9-14-12(5-7-24-14)19(13)10(2)18-20/h5,7,9,11H,4,6,8H2,1-3H3,(H,17,21). The number of carbonyl (C=O) groups is 1. The topological polar surface area (TPSA) is 90.8 Å². The van der Waals surface area contributed by atoms with Crippen LogP contribution in [-0.2, 0) is 9.53 Å². The highest BCUT2D eigenvalue weighted by molar-refractivity contribution is 5.83. The van der Waals surface area contributed by atoms with Crippen LogP contribution < -0.4 is 10.9 Å². The van der Waals surface area contributed by atoms with E-state index in [0.29, 0.717) is 36.5 Å². The van der Waals surface area contributed by atoms with Gasteiger partial charge in [-0.05, 0) is 13.3 Å². The summed E-state index contributed by atoms with van der Waals surface area (Å²) < 4.78 is 13.3. The summed E-state index contributed by atoms with van der Waals surface area (Å²) >= 11 is 0. The number of furan rings is 1. The minimum Gasteiger partial charge on any atom is -0.463 e. The molecule has 24 heavy (non-hydrogen) atoms. The third-order valence-electron chi connectivity index (χ3n) is 4.02. The lowest BCUT2D eigenvalue weighted by atomic mass is 10.2. The summed E-state index contributed by atoms with van der Waals surface area (Å²) in [4.78, 5) is 25.2. The number of aryl methyl sites for hydroxylation is 1. The molecule has 0 fully saturated rings. The maximum absolute atomic E-state index is 12.8. The molecule has 0 aromatic carbocycles. The van der Waals surface area contributed by atoms with Crippen molar-refractivity contribution in [2.24, 2.45) is 0 Å². The number of hydrogen-bond acceptors (Lipinski definition) is 5. The first kappa shape index (κ1) is 16.3. The second kappa shape index (κ2) is 6.48. The van der Waals surface area contributed by atoms with E-state index in [-0.39, 0.29) is 11.5 Å². The fourth-order valence-corrected chi connectivity index (χ4v) is 2.87. The van der Waals surface area contributed by atoms with E-state index >= 15 is 0 Å². The molecule has 0 aliphatic carbocycles. The number of methoxy groups -OCH3 is 1. The molecule has 0 saturated carbocycles. The van der Waals surface area contributed by atoms with Crippen LogP contribution in [0.5, 0.6) is 0 Å². The maximum atomic E-state index is 12.8. The molecule has 8 heteroatoms. The lowest BCUT2D eigenvalue weighted by molar-refractivity contribution is -0.125. The van der Waals surface area contributed by atoms with Crippen molar-refractivity contribution in [2.45, 2.75) is 26.3 Å². The van der Waals surface area contributed by atoms with Crippen LogP contribution >= 0.6 is 0 Å². The second-order valence-corrected chi connectivity index (χ2v) is 5.54. The Bertz CT molecular complexity index is 937. The van der Waals surface area contributed by atoms with E-state index in [1.54, 1.807) is 36.8 Å². The summed E-state index contributed by atoms with van der Waals surface area (Å²) in [7, 11) is 1.56. The number of nitrogens with zero attached hydrogens (tertiary/aromatic N) is 3. The predicted molar refractivity (Wildman–Crippen MR) is 88.2 cm³/mol. The fourth-order valence-electron chi connectivity index (χ4n) is 2.87. The van der Waals surface area contributed by atoms with Gasteiger partial charge in [0, 0.05) is 25.8 Å². The Morgan fingerprint density at radius 3 is 2.96 bits per heavy atom. The van der Waals surface area contributed by atoms with Crippen molar-refractivity contribution in [1.82, 2.24) is 19.5 Å². The van der Waals surface area contributed by atoms with Gasteiger partial charge in [-0.1, -0.05) is 6.92 Å². The van der Waals surface area contributed by atoms with Gasteiger partial charge in [0.1, 0.15) is 17.4 Å². The van der Waals surface area contributed by atoms with Gasteiger partial charge >= 0.3 is 0 Å². The molecule has 0 saturated heterocycles. The van der Waals surface area contributed by atoms with Gasteiger partial charge in [0.2, 0.25) is 5.91 Å². The van der Waals surface area contributed by atoms with Gasteiger partial charge in [0.25, 0.3) is 5.56 Å². The average molecular weight is 332 g/mol. The van der Waals surface area contributed by atoms with Crippen molar-refractivity contribution in [3.8, 4) is 0 Å². The zero-order valence-electron chi connectivity index (χ0n) is 13.9. The number of carbonyl (C=O) groups excluding carboxylic acids is 1. The minimum atomic E-state index is -0.667. The number of amides is 1. The summed E-state index contributed by atoms with van der Waals surface area (Å²) in [6, 6.07) is 2.80. The second-order valence-electron chi connectivity index (χ2n) is 5.54. The van der Waals surface area contributed by atoms with E-state index in [2.05, 4.69) is 10.4 Å². The average Bonchev–Trinajstić information content (AvgIpc) is 3.13. The smallest absolute Gasteiger partial charge is 0.291 e. The lowest BCUT2D eigenvalue weighted by Gasteiger charge is -2.17. The molecule has 1 unspecified atom stereocenters. The molecule has 0 bridgehead atoms. The van der Waals surface area contributed by atoms with E-state index in [9.17, 15) is 9.59 Å². The largest absolute Gasteiger partial charge is 0.463 e. The van der Waals surface area contributed by atoms with Crippen LogP contribution in [0.1, 0.15) is 25.2 Å². The van der Waals surface area contributed by atoms with Crippen LogP contribution in [0.25, 0.3) is 16.6 Å². The zero-order chi connectivity index (χ0) is 17.3. The van der Waals surface area contributed by atoms with Gasteiger partial charge in [0.15, 0.2) is 5.58 Å². The highest BCUT2D eigenvalue weighted by atomic mass is 16.5. The molecule has 0 aliphatic heterocycles. The van der Waals surface area contributed by atoms with E-state index < -0.39 is 6.04 Å². The van der Waals surface area contributed by atoms with E-state index in [1.165, 1.54) is 4.68 Å². The normalized spacial score (nSPS) is 12.8. The molecule has 3 aromatic rings. The Kier molecular flexibility index (Phi) is 4.39. The number of aromatic nitrogens is 3. The van der Waals surface area contributed by atoms with Crippen LogP contribution in [0.2, 0.25) is 0 Å². The zero-order valence-corrected chi connectivity index (χ0v) is 13.9. The Morgan fingerprint density at radius 1 is 1.46 bits per heavy atom. The fraction of sp³-hybridized carbons (Fsp3) is 0.438. The van der Waals surface area contributed by atoms with Crippen LogP contribution in [0.4, 0.5) is 0 Å². The molecule has 1 amide bonds. The van der Waals surface area contributed by atoms with Crippen molar-refractivity contribution in [3.05, 3.63) is 34.6 Å². The van der Waals surface area contributed by atoms with E-state index in [4.69, 9.17) is 9.15 Å². The first-order chi connectivity index (χ1) is 11.6. The van der Waals surface area contributed by atoms with Gasteiger partial charge in [-0.15, -0.1) is 0 Å². The van der Waals surface area contributed by atoms with Gasteiger partial charge < -0.3 is 14.5 Å². The number of hydrogen-bond donors (Lipinski definition) is 1. The van der Waals surface area contributed by atoms with Gasteiger partial charge in [-0.25, -0.2) is 4.68 Å². The minimum absolute atomic E-state index is 0.247. The third kappa shape index (κ3) is 2.58. The quantitative estimate of drug-likeness (QED) is 0.686. The van der Waals surface area contributed by atoms with Crippen molar-refractivity contribution in [3.63, 3.8) is 0 Å². The molecule has 0 spiro atoms. The van der Waals surface area contributed by atoms with Gasteiger partial charge in [-0.2, -0.15) is 5.10 Å².